The average Bonchev–Trinajstić information content (AvgIpc) is 2.68. The Balaban J connectivity index is 0.00000243. The molecule has 134 valence electrons. The molecule has 3 rings (SSSR count). The van der Waals surface area contributed by atoms with Crippen LogP contribution in [-0.4, -0.2) is 5.97 Å². The van der Waals surface area contributed by atoms with Gasteiger partial charge in [-0.25, -0.2) is 0 Å². The van der Waals surface area contributed by atoms with E-state index in [2.05, 4.69) is 0 Å². The highest BCUT2D eigenvalue weighted by molar-refractivity contribution is 5.85. The number of nitrogens with two attached hydrogens (primary N) is 1. The van der Waals surface area contributed by atoms with Crippen LogP contribution < -0.4 is 5.73 Å². The molecular weight excluding hydrogens is 346 g/mol. The predicted octanol–water partition coefficient (Wildman–Crippen LogP) is 4.83. The average molecular weight is 368 g/mol. The summed E-state index contributed by atoms with van der Waals surface area (Å²) in [5.41, 5.74) is 8.95. The van der Waals surface area contributed by atoms with E-state index in [-0.39, 0.29) is 30.8 Å². The number of hydrogen-bond acceptors (Lipinski definition) is 3. The first-order valence-electron chi connectivity index (χ1n) is 8.34. The Kier molecular flexibility index (Phi) is 7.39. The first-order chi connectivity index (χ1) is 12.2. The monoisotopic (exact) mass is 367 g/mol. The molecule has 0 aliphatic heterocycles. The van der Waals surface area contributed by atoms with Crippen molar-refractivity contribution >= 4 is 18.4 Å². The van der Waals surface area contributed by atoms with Crippen molar-refractivity contribution in [1.82, 2.24) is 0 Å². The summed E-state index contributed by atoms with van der Waals surface area (Å²) in [7, 11) is 0. The van der Waals surface area contributed by atoms with E-state index in [0.717, 1.165) is 16.7 Å². The second kappa shape index (κ2) is 9.76. The Morgan fingerprint density at radius 1 is 0.731 bits per heavy atom. The fourth-order valence-electron chi connectivity index (χ4n) is 2.76. The number of benzene rings is 3. The van der Waals surface area contributed by atoms with E-state index in [9.17, 15) is 4.79 Å². The molecule has 3 aromatic rings. The fourth-order valence-corrected chi connectivity index (χ4v) is 2.76. The normalized spacial score (nSPS) is 11.5. The Hall–Kier alpha value is -2.62. The van der Waals surface area contributed by atoms with Crippen LogP contribution in [0.1, 0.15) is 35.3 Å². The molecule has 1 atom stereocenters. The van der Waals surface area contributed by atoms with Crippen LogP contribution in [0.5, 0.6) is 0 Å². The minimum absolute atomic E-state index is 0. The van der Waals surface area contributed by atoms with Gasteiger partial charge < -0.3 is 10.5 Å². The number of hydrogen-bond donors (Lipinski definition) is 1. The second-order valence-corrected chi connectivity index (χ2v) is 5.91. The Morgan fingerprint density at radius 2 is 1.12 bits per heavy atom. The van der Waals surface area contributed by atoms with Crippen LogP contribution in [0.4, 0.5) is 0 Å². The zero-order valence-corrected chi connectivity index (χ0v) is 15.1. The van der Waals surface area contributed by atoms with Crippen LogP contribution in [0.3, 0.4) is 0 Å². The van der Waals surface area contributed by atoms with Gasteiger partial charge in [-0.15, -0.1) is 12.4 Å². The number of ether oxygens (including phenoxy) is 1. The maximum absolute atomic E-state index is 12.5. The molecule has 0 aliphatic carbocycles. The first kappa shape index (κ1) is 19.7. The van der Waals surface area contributed by atoms with Crippen molar-refractivity contribution < 1.29 is 9.53 Å². The molecule has 3 nitrogen and oxygen atoms in total. The van der Waals surface area contributed by atoms with Gasteiger partial charge in [0, 0.05) is 6.04 Å². The number of carbonyl (C=O) groups excluding carboxylic acids is 1. The van der Waals surface area contributed by atoms with Crippen molar-refractivity contribution in [2.75, 3.05) is 0 Å². The van der Waals surface area contributed by atoms with Crippen molar-refractivity contribution in [2.24, 2.45) is 5.73 Å². The summed E-state index contributed by atoms with van der Waals surface area (Å²) >= 11 is 0. The summed E-state index contributed by atoms with van der Waals surface area (Å²) in [5.74, 6) is -0.311. The largest absolute Gasteiger partial charge is 0.452 e. The van der Waals surface area contributed by atoms with Gasteiger partial charge in [0.25, 0.3) is 0 Å². The third-order valence-corrected chi connectivity index (χ3v) is 4.07. The van der Waals surface area contributed by atoms with E-state index in [1.165, 1.54) is 0 Å². The van der Waals surface area contributed by atoms with Crippen molar-refractivity contribution in [1.29, 1.82) is 0 Å². The first-order valence-corrected chi connectivity index (χ1v) is 8.34. The lowest BCUT2D eigenvalue weighted by Gasteiger charge is -2.20. The fraction of sp³-hybridized carbons (Fsp3) is 0.136. The van der Waals surface area contributed by atoms with E-state index >= 15 is 0 Å². The lowest BCUT2D eigenvalue weighted by Crippen LogP contribution is -2.19. The predicted molar refractivity (Wildman–Crippen MR) is 106 cm³/mol. The number of rotatable bonds is 6. The highest BCUT2D eigenvalue weighted by Crippen LogP contribution is 2.27. The highest BCUT2D eigenvalue weighted by atomic mass is 35.5. The maximum atomic E-state index is 12.5. The minimum atomic E-state index is -0.433. The lowest BCUT2D eigenvalue weighted by atomic mass is 10.0. The second-order valence-electron chi connectivity index (χ2n) is 5.91. The molecule has 0 aromatic heterocycles. The zero-order valence-electron chi connectivity index (χ0n) is 14.3. The van der Waals surface area contributed by atoms with Crippen LogP contribution in [-0.2, 0) is 9.53 Å². The molecule has 0 saturated heterocycles. The third-order valence-electron chi connectivity index (χ3n) is 4.07. The summed E-state index contributed by atoms with van der Waals surface area (Å²) < 4.78 is 5.80. The highest BCUT2D eigenvalue weighted by Gasteiger charge is 2.20. The standard InChI is InChI=1S/C22H21NO2.ClH/c23-20(17-10-4-1-5-11-17)16-21(24)25-22(18-12-6-2-7-13-18)19-14-8-3-9-15-19;/h1-15,20,22H,16,23H2;1H. The van der Waals surface area contributed by atoms with E-state index < -0.39 is 6.10 Å². The van der Waals surface area contributed by atoms with Crippen LogP contribution in [0.25, 0.3) is 0 Å². The van der Waals surface area contributed by atoms with Gasteiger partial charge in [-0.2, -0.15) is 0 Å². The van der Waals surface area contributed by atoms with Gasteiger partial charge in [0.2, 0.25) is 0 Å². The van der Waals surface area contributed by atoms with Crippen LogP contribution in [0.2, 0.25) is 0 Å². The molecule has 3 aromatic carbocycles. The van der Waals surface area contributed by atoms with Crippen molar-refractivity contribution in [3.8, 4) is 0 Å². The maximum Gasteiger partial charge on any atom is 0.308 e. The summed E-state index contributed by atoms with van der Waals surface area (Å²) in [6, 6.07) is 28.7. The van der Waals surface area contributed by atoms with E-state index in [0.29, 0.717) is 0 Å². The van der Waals surface area contributed by atoms with Gasteiger partial charge in [-0.05, 0) is 16.7 Å². The van der Waals surface area contributed by atoms with Crippen LogP contribution in [0, 0.1) is 0 Å². The number of esters is 1. The smallest absolute Gasteiger partial charge is 0.308 e. The summed E-state index contributed by atoms with van der Waals surface area (Å²) in [6.07, 6.45) is -0.293. The van der Waals surface area contributed by atoms with E-state index in [1.807, 2.05) is 91.0 Å². The summed E-state index contributed by atoms with van der Waals surface area (Å²) in [5, 5.41) is 0. The number of carbonyl (C=O) groups is 1. The molecule has 0 amide bonds. The van der Waals surface area contributed by atoms with E-state index in [1.54, 1.807) is 0 Å². The van der Waals surface area contributed by atoms with Gasteiger partial charge in [0.1, 0.15) is 0 Å². The molecule has 26 heavy (non-hydrogen) atoms. The topological polar surface area (TPSA) is 52.3 Å². The molecule has 4 heteroatoms. The summed E-state index contributed by atoms with van der Waals surface area (Å²) in [6.45, 7) is 0. The summed E-state index contributed by atoms with van der Waals surface area (Å²) in [4.78, 5) is 12.5. The molecule has 1 unspecified atom stereocenters. The zero-order chi connectivity index (χ0) is 17.5. The molecule has 2 N–H and O–H groups in total. The van der Waals surface area contributed by atoms with Crippen molar-refractivity contribution in [3.05, 3.63) is 108 Å². The quantitative estimate of drug-likeness (QED) is 0.635. The van der Waals surface area contributed by atoms with Gasteiger partial charge in [-0.3, -0.25) is 4.79 Å². The minimum Gasteiger partial charge on any atom is -0.452 e. The van der Waals surface area contributed by atoms with Gasteiger partial charge >= 0.3 is 5.97 Å². The molecule has 0 radical (unpaired) electrons. The van der Waals surface area contributed by atoms with Gasteiger partial charge in [-0.1, -0.05) is 91.0 Å². The number of halogens is 1. The molecule has 0 aliphatic rings. The molecule has 0 spiro atoms. The van der Waals surface area contributed by atoms with Gasteiger partial charge in [0.05, 0.1) is 6.42 Å². The van der Waals surface area contributed by atoms with Crippen LogP contribution >= 0.6 is 12.4 Å². The SMILES string of the molecule is Cl.NC(CC(=O)OC(c1ccccc1)c1ccccc1)c1ccccc1. The Bertz CT molecular complexity index is 755. The van der Waals surface area contributed by atoms with Crippen LogP contribution in [0.15, 0.2) is 91.0 Å². The molecule has 0 bridgehead atoms. The van der Waals surface area contributed by atoms with E-state index in [4.69, 9.17) is 10.5 Å². The Morgan fingerprint density at radius 3 is 1.54 bits per heavy atom. The van der Waals surface area contributed by atoms with Crippen molar-refractivity contribution in [2.45, 2.75) is 18.6 Å². The molecule has 0 heterocycles. The van der Waals surface area contributed by atoms with Crippen molar-refractivity contribution in [3.63, 3.8) is 0 Å². The van der Waals surface area contributed by atoms with Gasteiger partial charge in [0.15, 0.2) is 6.10 Å². The molecule has 0 fully saturated rings. The molecular formula is C22H22ClNO2. The lowest BCUT2D eigenvalue weighted by molar-refractivity contribution is -0.148. The third kappa shape index (κ3) is 5.19. The molecule has 0 saturated carbocycles. The Labute approximate surface area is 160 Å².